The molecule has 0 aliphatic carbocycles. The summed E-state index contributed by atoms with van der Waals surface area (Å²) in [5, 5.41) is 18.6. The Morgan fingerprint density at radius 2 is 2.08 bits per heavy atom. The fraction of sp³-hybridized carbons (Fsp3) is 0.200. The summed E-state index contributed by atoms with van der Waals surface area (Å²) in [7, 11) is 0. The highest BCUT2D eigenvalue weighted by molar-refractivity contribution is 6.32. The highest BCUT2D eigenvalue weighted by Crippen LogP contribution is 2.29. The van der Waals surface area contributed by atoms with Crippen LogP contribution in [0.5, 0.6) is 11.5 Å². The van der Waals surface area contributed by atoms with E-state index in [0.717, 1.165) is 12.8 Å². The van der Waals surface area contributed by atoms with E-state index in [1.807, 2.05) is 6.07 Å². The molecule has 0 spiro atoms. The number of halogens is 1. The summed E-state index contributed by atoms with van der Waals surface area (Å²) >= 11 is 5.91. The molecular formula is C20H16ClNO4. The zero-order chi connectivity index (χ0) is 18.5. The summed E-state index contributed by atoms with van der Waals surface area (Å²) in [6.07, 6.45) is 3.46. The van der Waals surface area contributed by atoms with E-state index in [-0.39, 0.29) is 21.8 Å². The van der Waals surface area contributed by atoms with Crippen LogP contribution in [0.25, 0.3) is 22.1 Å². The van der Waals surface area contributed by atoms with Gasteiger partial charge in [-0.2, -0.15) is 5.26 Å². The number of nitrogens with zero attached hydrogens (tertiary/aromatic N) is 1. The van der Waals surface area contributed by atoms with Crippen LogP contribution in [0.15, 0.2) is 51.9 Å². The Hall–Kier alpha value is -2.97. The van der Waals surface area contributed by atoms with E-state index in [1.165, 1.54) is 18.4 Å². The molecule has 0 saturated heterocycles. The predicted octanol–water partition coefficient (Wildman–Crippen LogP) is 4.89. The van der Waals surface area contributed by atoms with Gasteiger partial charge in [0.2, 0.25) is 5.43 Å². The molecule has 3 rings (SSSR count). The van der Waals surface area contributed by atoms with Gasteiger partial charge in [-0.05, 0) is 36.6 Å². The molecule has 6 heteroatoms. The van der Waals surface area contributed by atoms with Crippen LogP contribution in [0.2, 0.25) is 5.02 Å². The third kappa shape index (κ3) is 3.81. The summed E-state index contributed by atoms with van der Waals surface area (Å²) in [5.41, 5.74) is 1.08. The topological polar surface area (TPSA) is 83.5 Å². The Morgan fingerprint density at radius 3 is 2.88 bits per heavy atom. The molecule has 0 bridgehead atoms. The van der Waals surface area contributed by atoms with Crippen LogP contribution in [-0.4, -0.2) is 11.7 Å². The van der Waals surface area contributed by atoms with Crippen molar-refractivity contribution in [3.8, 4) is 28.7 Å². The van der Waals surface area contributed by atoms with Gasteiger partial charge < -0.3 is 14.3 Å². The lowest BCUT2D eigenvalue weighted by Crippen LogP contribution is -2.05. The molecule has 0 aliphatic heterocycles. The van der Waals surface area contributed by atoms with Crippen molar-refractivity contribution in [2.24, 2.45) is 0 Å². The van der Waals surface area contributed by atoms with Crippen molar-refractivity contribution in [3.63, 3.8) is 0 Å². The maximum atomic E-state index is 12.8. The van der Waals surface area contributed by atoms with Gasteiger partial charge in [-0.15, -0.1) is 0 Å². The number of hydrogen-bond donors (Lipinski definition) is 1. The smallest absolute Gasteiger partial charge is 0.200 e. The predicted molar refractivity (Wildman–Crippen MR) is 99.6 cm³/mol. The van der Waals surface area contributed by atoms with Crippen LogP contribution in [-0.2, 0) is 0 Å². The molecule has 0 aliphatic rings. The van der Waals surface area contributed by atoms with E-state index in [9.17, 15) is 9.90 Å². The number of ether oxygens (including phenoxy) is 1. The molecular weight excluding hydrogens is 354 g/mol. The Morgan fingerprint density at radius 1 is 1.23 bits per heavy atom. The van der Waals surface area contributed by atoms with Crippen molar-refractivity contribution in [3.05, 3.63) is 57.9 Å². The molecule has 26 heavy (non-hydrogen) atoms. The van der Waals surface area contributed by atoms with Gasteiger partial charge >= 0.3 is 0 Å². The van der Waals surface area contributed by atoms with Crippen molar-refractivity contribution >= 4 is 22.6 Å². The summed E-state index contributed by atoms with van der Waals surface area (Å²) < 4.78 is 11.2. The normalized spacial score (nSPS) is 10.6. The van der Waals surface area contributed by atoms with Crippen molar-refractivity contribution in [2.45, 2.75) is 19.3 Å². The molecule has 5 nitrogen and oxygen atoms in total. The monoisotopic (exact) mass is 369 g/mol. The van der Waals surface area contributed by atoms with Crippen molar-refractivity contribution in [1.29, 1.82) is 5.26 Å². The van der Waals surface area contributed by atoms with E-state index in [0.29, 0.717) is 35.3 Å². The van der Waals surface area contributed by atoms with Crippen molar-refractivity contribution in [2.75, 3.05) is 6.61 Å². The average molecular weight is 370 g/mol. The van der Waals surface area contributed by atoms with Gasteiger partial charge in [0.25, 0.3) is 0 Å². The molecule has 1 aromatic heterocycles. The van der Waals surface area contributed by atoms with Crippen LogP contribution in [0.3, 0.4) is 0 Å². The van der Waals surface area contributed by atoms with Gasteiger partial charge in [-0.25, -0.2) is 0 Å². The minimum absolute atomic E-state index is 0.0939. The maximum Gasteiger partial charge on any atom is 0.200 e. The lowest BCUT2D eigenvalue weighted by atomic mass is 10.1. The van der Waals surface area contributed by atoms with E-state index >= 15 is 0 Å². The first-order valence-corrected chi connectivity index (χ1v) is 8.52. The van der Waals surface area contributed by atoms with E-state index in [4.69, 9.17) is 26.0 Å². The van der Waals surface area contributed by atoms with Gasteiger partial charge in [-0.1, -0.05) is 23.7 Å². The second-order valence-electron chi connectivity index (χ2n) is 5.77. The van der Waals surface area contributed by atoms with Gasteiger partial charge in [0.15, 0.2) is 0 Å². The number of aromatic hydroxyl groups is 1. The fourth-order valence-corrected chi connectivity index (χ4v) is 2.75. The first-order chi connectivity index (χ1) is 12.6. The fourth-order valence-electron chi connectivity index (χ4n) is 2.59. The zero-order valence-electron chi connectivity index (χ0n) is 13.9. The molecule has 0 radical (unpaired) electrons. The summed E-state index contributed by atoms with van der Waals surface area (Å²) in [6, 6.07) is 12.0. The molecule has 3 aromatic rings. The molecule has 132 valence electrons. The molecule has 0 amide bonds. The molecule has 1 N–H and O–H groups in total. The van der Waals surface area contributed by atoms with Crippen LogP contribution in [0.4, 0.5) is 0 Å². The minimum Gasteiger partial charge on any atom is -0.506 e. The lowest BCUT2D eigenvalue weighted by molar-refractivity contribution is 0.307. The lowest BCUT2D eigenvalue weighted by Gasteiger charge is -2.08. The number of rotatable bonds is 6. The molecule has 0 fully saturated rings. The summed E-state index contributed by atoms with van der Waals surface area (Å²) in [4.78, 5) is 12.8. The number of phenols is 1. The van der Waals surface area contributed by atoms with E-state index in [1.54, 1.807) is 18.2 Å². The average Bonchev–Trinajstić information content (AvgIpc) is 2.64. The van der Waals surface area contributed by atoms with Crippen molar-refractivity contribution < 1.29 is 14.3 Å². The highest BCUT2D eigenvalue weighted by Gasteiger charge is 2.12. The van der Waals surface area contributed by atoms with Gasteiger partial charge in [0.1, 0.15) is 23.3 Å². The number of phenolic OH excluding ortho intramolecular Hbond substituents is 1. The third-order valence-electron chi connectivity index (χ3n) is 3.94. The first kappa shape index (κ1) is 17.8. The summed E-state index contributed by atoms with van der Waals surface area (Å²) in [5.74, 6) is 0.504. The van der Waals surface area contributed by atoms with Gasteiger partial charge in [-0.3, -0.25) is 4.79 Å². The Kier molecular flexibility index (Phi) is 5.45. The quantitative estimate of drug-likeness (QED) is 0.625. The molecule has 2 aromatic carbocycles. The highest BCUT2D eigenvalue weighted by atomic mass is 35.5. The molecule has 1 heterocycles. The number of fused-ring (bicyclic) bond motifs is 1. The third-order valence-corrected chi connectivity index (χ3v) is 4.24. The molecule has 0 atom stereocenters. The van der Waals surface area contributed by atoms with Crippen LogP contribution in [0, 0.1) is 11.3 Å². The maximum absolute atomic E-state index is 12.8. The second kappa shape index (κ2) is 7.94. The summed E-state index contributed by atoms with van der Waals surface area (Å²) in [6.45, 7) is 0.506. The largest absolute Gasteiger partial charge is 0.506 e. The zero-order valence-corrected chi connectivity index (χ0v) is 14.6. The van der Waals surface area contributed by atoms with Crippen LogP contribution >= 0.6 is 11.6 Å². The number of nitriles is 1. The number of unbranched alkanes of at least 4 members (excludes halogenated alkanes) is 2. The molecule has 0 unspecified atom stereocenters. The van der Waals surface area contributed by atoms with Crippen LogP contribution in [0.1, 0.15) is 19.3 Å². The Balaban J connectivity index is 1.88. The Labute approximate surface area is 155 Å². The first-order valence-electron chi connectivity index (χ1n) is 8.14. The molecule has 0 saturated carbocycles. The van der Waals surface area contributed by atoms with Crippen LogP contribution < -0.4 is 10.2 Å². The minimum atomic E-state index is -0.237. The Bertz CT molecular complexity index is 1040. The van der Waals surface area contributed by atoms with Gasteiger partial charge in [0.05, 0.1) is 28.6 Å². The standard InChI is InChI=1S/C20H16ClNO4/c21-17-10-15-19(11-18(17)23)26-12-16(20(15)24)13-5-4-6-14(9-13)25-8-3-1-2-7-22/h4-6,9-12,23H,1-3,8H2. The number of benzene rings is 2. The van der Waals surface area contributed by atoms with E-state index in [2.05, 4.69) is 6.07 Å². The SMILES string of the molecule is N#CCCCCOc1cccc(-c2coc3cc(O)c(Cl)cc3c2=O)c1. The van der Waals surface area contributed by atoms with Crippen molar-refractivity contribution in [1.82, 2.24) is 0 Å². The number of hydrogen-bond acceptors (Lipinski definition) is 5. The second-order valence-corrected chi connectivity index (χ2v) is 6.18. The van der Waals surface area contributed by atoms with E-state index < -0.39 is 0 Å². The van der Waals surface area contributed by atoms with Gasteiger partial charge in [0, 0.05) is 12.5 Å².